The molecule has 0 spiro atoms. The minimum Gasteiger partial charge on any atom is -0.377 e. The average Bonchev–Trinajstić information content (AvgIpc) is 3.21. The van der Waals surface area contributed by atoms with Crippen LogP contribution in [0.3, 0.4) is 0 Å². The third-order valence-corrected chi connectivity index (χ3v) is 4.96. The van der Waals surface area contributed by atoms with Gasteiger partial charge >= 0.3 is 0 Å². The Balaban J connectivity index is 1.60. The molecule has 2 atom stereocenters. The SMILES string of the molecule is O=C(CN(C[C@@H]1CCCO1)[C@H]1C=CCCC1)N1CCCC1. The van der Waals surface area contributed by atoms with E-state index in [0.717, 1.165) is 32.7 Å². The highest BCUT2D eigenvalue weighted by Gasteiger charge is 2.28. The molecule has 2 aliphatic heterocycles. The van der Waals surface area contributed by atoms with Crippen molar-refractivity contribution in [3.05, 3.63) is 12.2 Å². The quantitative estimate of drug-likeness (QED) is 0.728. The van der Waals surface area contributed by atoms with Crippen LogP contribution in [-0.4, -0.2) is 60.6 Å². The van der Waals surface area contributed by atoms with Crippen molar-refractivity contribution in [2.45, 2.75) is 57.1 Å². The summed E-state index contributed by atoms with van der Waals surface area (Å²) < 4.78 is 5.79. The van der Waals surface area contributed by atoms with Crippen molar-refractivity contribution in [1.29, 1.82) is 0 Å². The number of hydrogen-bond acceptors (Lipinski definition) is 3. The summed E-state index contributed by atoms with van der Waals surface area (Å²) in [6.07, 6.45) is 13.1. The van der Waals surface area contributed by atoms with Gasteiger partial charge in [0.05, 0.1) is 12.6 Å². The maximum atomic E-state index is 12.5. The van der Waals surface area contributed by atoms with Crippen LogP contribution >= 0.6 is 0 Å². The van der Waals surface area contributed by atoms with Crippen LogP contribution < -0.4 is 0 Å². The molecule has 3 rings (SSSR count). The van der Waals surface area contributed by atoms with E-state index in [2.05, 4.69) is 17.1 Å². The van der Waals surface area contributed by atoms with Crippen molar-refractivity contribution >= 4 is 5.91 Å². The molecule has 4 heteroatoms. The number of hydrogen-bond donors (Lipinski definition) is 0. The van der Waals surface area contributed by atoms with Gasteiger partial charge in [0.2, 0.25) is 5.91 Å². The van der Waals surface area contributed by atoms with Crippen molar-refractivity contribution in [3.63, 3.8) is 0 Å². The molecule has 118 valence electrons. The van der Waals surface area contributed by atoms with Crippen LogP contribution in [0, 0.1) is 0 Å². The summed E-state index contributed by atoms with van der Waals surface area (Å²) in [6.45, 7) is 4.27. The molecule has 1 amide bonds. The second kappa shape index (κ2) is 7.41. The Hall–Kier alpha value is -0.870. The molecule has 0 aromatic rings. The lowest BCUT2D eigenvalue weighted by molar-refractivity contribution is -0.132. The third-order valence-electron chi connectivity index (χ3n) is 4.96. The van der Waals surface area contributed by atoms with Gasteiger partial charge < -0.3 is 9.64 Å². The number of amides is 1. The van der Waals surface area contributed by atoms with Crippen LogP contribution in [0.5, 0.6) is 0 Å². The summed E-state index contributed by atoms with van der Waals surface area (Å²) in [4.78, 5) is 16.9. The van der Waals surface area contributed by atoms with Gasteiger partial charge in [-0.2, -0.15) is 0 Å². The lowest BCUT2D eigenvalue weighted by Gasteiger charge is -2.33. The fourth-order valence-electron chi connectivity index (χ4n) is 3.71. The highest BCUT2D eigenvalue weighted by Crippen LogP contribution is 2.21. The van der Waals surface area contributed by atoms with Crippen LogP contribution in [0.1, 0.15) is 44.9 Å². The van der Waals surface area contributed by atoms with Gasteiger partial charge in [0.1, 0.15) is 0 Å². The Bertz CT molecular complexity index is 371. The Morgan fingerprint density at radius 3 is 2.71 bits per heavy atom. The Morgan fingerprint density at radius 1 is 1.19 bits per heavy atom. The Labute approximate surface area is 128 Å². The zero-order chi connectivity index (χ0) is 14.5. The number of rotatable bonds is 5. The Morgan fingerprint density at radius 2 is 2.05 bits per heavy atom. The average molecular weight is 292 g/mol. The summed E-state index contributed by atoms with van der Waals surface area (Å²) in [5, 5.41) is 0. The molecule has 3 aliphatic rings. The topological polar surface area (TPSA) is 32.8 Å². The van der Waals surface area contributed by atoms with Gasteiger partial charge in [0.25, 0.3) is 0 Å². The van der Waals surface area contributed by atoms with Gasteiger partial charge in [0.15, 0.2) is 0 Å². The minimum absolute atomic E-state index is 0.310. The van der Waals surface area contributed by atoms with Crippen molar-refractivity contribution < 1.29 is 9.53 Å². The van der Waals surface area contributed by atoms with Gasteiger partial charge in [-0.25, -0.2) is 0 Å². The predicted molar refractivity (Wildman–Crippen MR) is 83.1 cm³/mol. The molecular formula is C17H28N2O2. The maximum absolute atomic E-state index is 12.5. The van der Waals surface area contributed by atoms with Gasteiger partial charge in [-0.15, -0.1) is 0 Å². The number of likely N-dealkylation sites (tertiary alicyclic amines) is 1. The van der Waals surface area contributed by atoms with Crippen LogP contribution in [0.15, 0.2) is 12.2 Å². The molecule has 0 N–H and O–H groups in total. The van der Waals surface area contributed by atoms with Gasteiger partial charge in [-0.1, -0.05) is 12.2 Å². The summed E-state index contributed by atoms with van der Waals surface area (Å²) in [7, 11) is 0. The summed E-state index contributed by atoms with van der Waals surface area (Å²) in [5.41, 5.74) is 0. The van der Waals surface area contributed by atoms with E-state index in [1.807, 2.05) is 4.90 Å². The van der Waals surface area contributed by atoms with Crippen LogP contribution in [0.25, 0.3) is 0 Å². The summed E-state index contributed by atoms with van der Waals surface area (Å²) >= 11 is 0. The third kappa shape index (κ3) is 4.07. The number of allylic oxidation sites excluding steroid dienone is 1. The zero-order valence-electron chi connectivity index (χ0n) is 13.0. The fourth-order valence-corrected chi connectivity index (χ4v) is 3.71. The minimum atomic E-state index is 0.310. The normalized spacial score (nSPS) is 29.5. The molecule has 4 nitrogen and oxygen atoms in total. The fraction of sp³-hybridized carbons (Fsp3) is 0.824. The smallest absolute Gasteiger partial charge is 0.236 e. The molecule has 2 saturated heterocycles. The van der Waals surface area contributed by atoms with Crippen molar-refractivity contribution in [1.82, 2.24) is 9.80 Å². The number of carbonyl (C=O) groups excluding carboxylic acids is 1. The van der Waals surface area contributed by atoms with E-state index in [1.165, 1.54) is 38.5 Å². The first-order chi connectivity index (χ1) is 10.3. The molecule has 0 bridgehead atoms. The molecule has 0 unspecified atom stereocenters. The standard InChI is InChI=1S/C17H28N2O2/c20-17(18-10-4-5-11-18)14-19(13-16-9-6-12-21-16)15-7-2-1-3-8-15/h2,7,15-16H,1,3-6,8-14H2/t15-,16-/m0/s1. The van der Waals surface area contributed by atoms with E-state index in [4.69, 9.17) is 4.74 Å². The lowest BCUT2D eigenvalue weighted by atomic mass is 10.0. The first kappa shape index (κ1) is 15.0. The summed E-state index contributed by atoms with van der Waals surface area (Å²) in [6, 6.07) is 0.425. The molecule has 21 heavy (non-hydrogen) atoms. The van der Waals surface area contributed by atoms with E-state index < -0.39 is 0 Å². The van der Waals surface area contributed by atoms with Gasteiger partial charge in [-0.05, 0) is 44.9 Å². The highest BCUT2D eigenvalue weighted by atomic mass is 16.5. The van der Waals surface area contributed by atoms with Crippen LogP contribution in [0.4, 0.5) is 0 Å². The van der Waals surface area contributed by atoms with E-state index in [9.17, 15) is 4.79 Å². The number of carbonyl (C=O) groups is 1. The number of ether oxygens (including phenoxy) is 1. The maximum Gasteiger partial charge on any atom is 0.236 e. The molecule has 0 saturated carbocycles. The van der Waals surface area contributed by atoms with E-state index in [0.29, 0.717) is 24.6 Å². The largest absolute Gasteiger partial charge is 0.377 e. The van der Waals surface area contributed by atoms with Crippen molar-refractivity contribution in [3.8, 4) is 0 Å². The van der Waals surface area contributed by atoms with Crippen molar-refractivity contribution in [2.24, 2.45) is 0 Å². The predicted octanol–water partition coefficient (Wildman–Crippen LogP) is 2.20. The molecule has 2 fully saturated rings. The molecule has 1 aliphatic carbocycles. The highest BCUT2D eigenvalue weighted by molar-refractivity contribution is 5.78. The molecule has 0 aromatic carbocycles. The molecule has 0 aromatic heterocycles. The lowest BCUT2D eigenvalue weighted by Crippen LogP contribution is -2.46. The van der Waals surface area contributed by atoms with Gasteiger partial charge in [-0.3, -0.25) is 9.69 Å². The van der Waals surface area contributed by atoms with Crippen LogP contribution in [-0.2, 0) is 9.53 Å². The van der Waals surface area contributed by atoms with E-state index in [1.54, 1.807) is 0 Å². The van der Waals surface area contributed by atoms with Gasteiger partial charge in [0, 0.05) is 32.3 Å². The second-order valence-electron chi connectivity index (χ2n) is 6.58. The molecule has 2 heterocycles. The number of nitrogens with zero attached hydrogens (tertiary/aromatic N) is 2. The second-order valence-corrected chi connectivity index (χ2v) is 6.58. The van der Waals surface area contributed by atoms with Crippen LogP contribution in [0.2, 0.25) is 0 Å². The van der Waals surface area contributed by atoms with E-state index >= 15 is 0 Å². The molecular weight excluding hydrogens is 264 g/mol. The van der Waals surface area contributed by atoms with Crippen molar-refractivity contribution in [2.75, 3.05) is 32.8 Å². The summed E-state index contributed by atoms with van der Waals surface area (Å²) in [5.74, 6) is 0.310. The first-order valence-corrected chi connectivity index (χ1v) is 8.63. The monoisotopic (exact) mass is 292 g/mol. The first-order valence-electron chi connectivity index (χ1n) is 8.63. The van der Waals surface area contributed by atoms with E-state index in [-0.39, 0.29) is 0 Å². The molecule has 0 radical (unpaired) electrons. The Kier molecular flexibility index (Phi) is 5.31. The zero-order valence-corrected chi connectivity index (χ0v) is 13.0.